The Labute approximate surface area is 246 Å². The molecule has 0 aliphatic heterocycles. The lowest BCUT2D eigenvalue weighted by molar-refractivity contribution is -0.452. The molecule has 42 heavy (non-hydrogen) atoms. The van der Waals surface area contributed by atoms with Gasteiger partial charge in [-0.2, -0.15) is 0 Å². The maximum absolute atomic E-state index is 12.0. The minimum Gasteiger partial charge on any atom is -0.432 e. The Morgan fingerprint density at radius 2 is 0.905 bits per heavy atom. The average Bonchev–Trinajstić information content (AvgIpc) is 2.92. The molecule has 0 unspecified atom stereocenters. The van der Waals surface area contributed by atoms with Crippen molar-refractivity contribution in [2.45, 2.75) is 59.0 Å². The Hall–Kier alpha value is -3.73. The molecule has 0 aromatic heterocycles. The molecule has 0 heterocycles. The van der Waals surface area contributed by atoms with Gasteiger partial charge in [0.2, 0.25) is 0 Å². The van der Waals surface area contributed by atoms with Crippen molar-refractivity contribution in [1.29, 1.82) is 0 Å². The average molecular weight is 623 g/mol. The molecule has 0 bridgehead atoms. The van der Waals surface area contributed by atoms with E-state index in [2.05, 4.69) is 68.9 Å². The number of carbonyl (C=O) groups is 4. The summed E-state index contributed by atoms with van der Waals surface area (Å²) in [4.78, 5) is 64.6. The van der Waals surface area contributed by atoms with Crippen LogP contribution < -0.4 is 10.4 Å². The van der Waals surface area contributed by atoms with Gasteiger partial charge < -0.3 is 9.47 Å². The Bertz CT molecular complexity index is 1090. The highest BCUT2D eigenvalue weighted by Crippen LogP contribution is 2.10. The predicted octanol–water partition coefficient (Wildman–Crippen LogP) is 5.21. The molecule has 2 aromatic carbocycles. The highest BCUT2D eigenvalue weighted by molar-refractivity contribution is 6.89. The van der Waals surface area contributed by atoms with E-state index in [9.17, 15) is 19.2 Å². The number of hydrogen-bond donors (Lipinski definition) is 0. The number of hydrogen-bond acceptors (Lipinski definition) is 12. The van der Waals surface area contributed by atoms with Gasteiger partial charge in [-0.25, -0.2) is 29.0 Å². The van der Waals surface area contributed by atoms with Crippen LogP contribution in [0, 0.1) is 5.92 Å². The molecule has 0 aliphatic carbocycles. The second-order valence-corrected chi connectivity index (χ2v) is 21.7. The molecule has 12 nitrogen and oxygen atoms in total. The van der Waals surface area contributed by atoms with E-state index in [4.69, 9.17) is 9.47 Å². The Balaban J connectivity index is 1.53. The Morgan fingerprint density at radius 3 is 1.21 bits per heavy atom. The first-order valence-electron chi connectivity index (χ1n) is 13.3. The molecule has 2 aromatic rings. The molecule has 0 amide bonds. The molecule has 0 aliphatic rings. The van der Waals surface area contributed by atoms with Crippen LogP contribution in [0.2, 0.25) is 39.3 Å². The number of ether oxygens (including phenoxy) is 2. The summed E-state index contributed by atoms with van der Waals surface area (Å²) in [5.41, 5.74) is 0.481. The van der Waals surface area contributed by atoms with E-state index in [1.54, 1.807) is 24.3 Å². The van der Waals surface area contributed by atoms with Crippen molar-refractivity contribution in [3.8, 4) is 0 Å². The van der Waals surface area contributed by atoms with Crippen molar-refractivity contribution in [3.63, 3.8) is 0 Å². The van der Waals surface area contributed by atoms with Crippen LogP contribution in [0.4, 0.5) is 9.59 Å². The molecular formula is C28H38O12Si2. The summed E-state index contributed by atoms with van der Waals surface area (Å²) in [5.74, 6) is -1.68. The third-order valence-corrected chi connectivity index (χ3v) is 10.2. The van der Waals surface area contributed by atoms with Gasteiger partial charge >= 0.3 is 24.2 Å². The van der Waals surface area contributed by atoms with Crippen molar-refractivity contribution in [3.05, 3.63) is 59.7 Å². The van der Waals surface area contributed by atoms with Crippen LogP contribution >= 0.6 is 0 Å². The highest BCUT2D eigenvalue weighted by Gasteiger charge is 2.19. The van der Waals surface area contributed by atoms with Gasteiger partial charge in [0.1, 0.15) is 0 Å². The molecule has 0 saturated carbocycles. The molecule has 0 atom stereocenters. The lowest BCUT2D eigenvalue weighted by Gasteiger charge is -2.16. The highest BCUT2D eigenvalue weighted by atomic mass is 28.3. The zero-order valence-corrected chi connectivity index (χ0v) is 26.9. The van der Waals surface area contributed by atoms with E-state index in [-0.39, 0.29) is 30.3 Å². The molecule has 0 spiro atoms. The van der Waals surface area contributed by atoms with Gasteiger partial charge in [-0.15, -0.1) is 0 Å². The summed E-state index contributed by atoms with van der Waals surface area (Å²) in [6.45, 7) is 14.9. The molecule has 0 saturated heterocycles. The minimum absolute atomic E-state index is 0.0265. The smallest absolute Gasteiger partial charge is 0.432 e. The van der Waals surface area contributed by atoms with E-state index in [0.29, 0.717) is 12.8 Å². The monoisotopic (exact) mass is 622 g/mol. The summed E-state index contributed by atoms with van der Waals surface area (Å²) >= 11 is 0. The van der Waals surface area contributed by atoms with Crippen molar-refractivity contribution < 1.29 is 58.3 Å². The van der Waals surface area contributed by atoms with E-state index in [1.807, 2.05) is 31.2 Å². The standard InChI is InChI=1S/C28H38O12Si2/c1-20(16-18-33-27(31)37-39-35-25(29)21-8-12-23(13-9-21)41(2,3)4)17-19-34-28(32)38-40-36-26(30)22-10-14-24(15-11-22)42(5,6)7/h8-15,20H,16-19H2,1-7H3. The third-order valence-electron chi connectivity index (χ3n) is 6.06. The fraction of sp³-hybridized carbons (Fsp3) is 0.429. The molecular weight excluding hydrogens is 584 g/mol. The molecule has 0 fully saturated rings. The van der Waals surface area contributed by atoms with Crippen molar-refractivity contribution in [1.82, 2.24) is 0 Å². The van der Waals surface area contributed by atoms with Gasteiger partial charge in [-0.3, -0.25) is 9.78 Å². The SMILES string of the molecule is CC(CCOC(=O)OOOC(=O)c1ccc([Si](C)(C)C)cc1)CCOC(=O)OOOC(=O)c1ccc([Si](C)(C)C)cc1. The summed E-state index contributed by atoms with van der Waals surface area (Å²) in [6.07, 6.45) is -1.58. The predicted molar refractivity (Wildman–Crippen MR) is 155 cm³/mol. The summed E-state index contributed by atoms with van der Waals surface area (Å²) in [5, 5.41) is 10.8. The normalized spacial score (nSPS) is 11.4. The lowest BCUT2D eigenvalue weighted by atomic mass is 10.1. The van der Waals surface area contributed by atoms with Crippen LogP contribution in [-0.4, -0.2) is 53.6 Å². The molecule has 2 rings (SSSR count). The first-order chi connectivity index (χ1) is 19.7. The first kappa shape index (κ1) is 34.5. The van der Waals surface area contributed by atoms with Gasteiger partial charge in [-0.1, -0.05) is 80.8 Å². The molecule has 230 valence electrons. The Kier molecular flexibility index (Phi) is 13.2. The zero-order valence-electron chi connectivity index (χ0n) is 24.9. The van der Waals surface area contributed by atoms with Crippen LogP contribution in [0.5, 0.6) is 0 Å². The number of carbonyl (C=O) groups excluding carboxylic acids is 4. The number of rotatable bonds is 14. The van der Waals surface area contributed by atoms with Crippen LogP contribution in [0.15, 0.2) is 48.5 Å². The first-order valence-corrected chi connectivity index (χ1v) is 20.3. The van der Waals surface area contributed by atoms with Gasteiger partial charge in [0, 0.05) is 0 Å². The maximum Gasteiger partial charge on any atom is 0.543 e. The van der Waals surface area contributed by atoms with Crippen LogP contribution in [0.25, 0.3) is 0 Å². The fourth-order valence-corrected chi connectivity index (χ4v) is 5.67. The third kappa shape index (κ3) is 12.4. The maximum atomic E-state index is 12.0. The summed E-state index contributed by atoms with van der Waals surface area (Å²) < 4.78 is 9.69. The quantitative estimate of drug-likeness (QED) is 0.118. The van der Waals surface area contributed by atoms with Gasteiger partial charge in [0.15, 0.2) is 0 Å². The van der Waals surface area contributed by atoms with Crippen molar-refractivity contribution in [2.75, 3.05) is 13.2 Å². The fourth-order valence-electron chi connectivity index (χ4n) is 3.34. The Morgan fingerprint density at radius 1 is 0.571 bits per heavy atom. The summed E-state index contributed by atoms with van der Waals surface area (Å²) in [6, 6.07) is 13.9. The topological polar surface area (TPSA) is 142 Å². The van der Waals surface area contributed by atoms with E-state index < -0.39 is 40.4 Å². The van der Waals surface area contributed by atoms with E-state index in [1.165, 1.54) is 10.4 Å². The second kappa shape index (κ2) is 16.1. The van der Waals surface area contributed by atoms with Crippen LogP contribution in [-0.2, 0) is 39.1 Å². The van der Waals surface area contributed by atoms with Crippen molar-refractivity contribution in [2.24, 2.45) is 5.92 Å². The number of benzene rings is 2. The second-order valence-electron chi connectivity index (χ2n) is 11.6. The largest absolute Gasteiger partial charge is 0.543 e. The molecule has 14 heteroatoms. The van der Waals surface area contributed by atoms with E-state index in [0.717, 1.165) is 0 Å². The van der Waals surface area contributed by atoms with Gasteiger partial charge in [0.25, 0.3) is 0 Å². The minimum atomic E-state index is -1.50. The van der Waals surface area contributed by atoms with Crippen LogP contribution in [0.1, 0.15) is 40.5 Å². The van der Waals surface area contributed by atoms with Crippen molar-refractivity contribution >= 4 is 50.8 Å². The van der Waals surface area contributed by atoms with Gasteiger partial charge in [0.05, 0.1) is 50.6 Å². The van der Waals surface area contributed by atoms with Gasteiger partial charge in [-0.05, 0) is 43.0 Å². The zero-order chi connectivity index (χ0) is 31.3. The van der Waals surface area contributed by atoms with Crippen LogP contribution in [0.3, 0.4) is 0 Å². The van der Waals surface area contributed by atoms with E-state index >= 15 is 0 Å². The summed E-state index contributed by atoms with van der Waals surface area (Å²) in [7, 11) is -3.01. The molecule has 0 N–H and O–H groups in total. The lowest BCUT2D eigenvalue weighted by Crippen LogP contribution is -2.37. The molecule has 0 radical (unpaired) electrons.